The van der Waals surface area contributed by atoms with Crippen LogP contribution in [0.2, 0.25) is 0 Å². The van der Waals surface area contributed by atoms with Gasteiger partial charge in [0, 0.05) is 5.30 Å². The molecule has 0 aliphatic heterocycles. The van der Waals surface area contributed by atoms with E-state index >= 15 is 0 Å². The first-order chi connectivity index (χ1) is 8.67. The summed E-state index contributed by atoms with van der Waals surface area (Å²) in [6.45, 7) is -3.32. The monoisotopic (exact) mass is 306 g/mol. The van der Waals surface area contributed by atoms with Crippen LogP contribution in [0.4, 0.5) is 26.3 Å². The van der Waals surface area contributed by atoms with E-state index in [4.69, 9.17) is 0 Å². The molecule has 0 saturated carbocycles. The minimum absolute atomic E-state index is 0.144. The highest BCUT2D eigenvalue weighted by Crippen LogP contribution is 2.40. The van der Waals surface area contributed by atoms with Gasteiger partial charge in [0.2, 0.25) is 8.38 Å². The molecule has 0 atom stereocenters. The van der Waals surface area contributed by atoms with E-state index in [-0.39, 0.29) is 5.30 Å². The first-order valence-electron chi connectivity index (χ1n) is 4.92. The molecule has 1 aromatic rings. The second kappa shape index (κ2) is 6.54. The summed E-state index contributed by atoms with van der Waals surface area (Å²) in [5.41, 5.74) is 0. The van der Waals surface area contributed by atoms with Crippen LogP contribution >= 0.6 is 8.38 Å². The van der Waals surface area contributed by atoms with Gasteiger partial charge < -0.3 is 9.05 Å². The molecule has 0 aliphatic rings. The predicted octanol–water partition coefficient (Wildman–Crippen LogP) is 3.78. The Morgan fingerprint density at radius 3 is 1.58 bits per heavy atom. The standard InChI is InChI=1S/C10H9F6O2P/c11-9(12,13)6-17-19(18-7-10(14,15)16)8-4-2-1-3-5-8/h1-5H,6-7H2. The highest BCUT2D eigenvalue weighted by Gasteiger charge is 2.33. The summed E-state index contributed by atoms with van der Waals surface area (Å²) in [5.74, 6) is 0. The van der Waals surface area contributed by atoms with Gasteiger partial charge in [0.1, 0.15) is 13.2 Å². The lowest BCUT2D eigenvalue weighted by Gasteiger charge is -2.19. The lowest BCUT2D eigenvalue weighted by molar-refractivity contribution is -0.161. The van der Waals surface area contributed by atoms with Crippen LogP contribution in [0.25, 0.3) is 0 Å². The van der Waals surface area contributed by atoms with E-state index in [2.05, 4.69) is 9.05 Å². The number of halogens is 6. The summed E-state index contributed by atoms with van der Waals surface area (Å²) in [4.78, 5) is 0. The van der Waals surface area contributed by atoms with Crippen molar-refractivity contribution in [2.75, 3.05) is 13.2 Å². The molecule has 9 heteroatoms. The molecule has 19 heavy (non-hydrogen) atoms. The highest BCUT2D eigenvalue weighted by molar-refractivity contribution is 7.56. The molecule has 0 heterocycles. The summed E-state index contributed by atoms with van der Waals surface area (Å²) in [6, 6.07) is 7.21. The van der Waals surface area contributed by atoms with Gasteiger partial charge in [-0.25, -0.2) is 0 Å². The molecule has 108 valence electrons. The van der Waals surface area contributed by atoms with E-state index in [0.717, 1.165) is 0 Å². The number of hydrogen-bond donors (Lipinski definition) is 0. The summed E-state index contributed by atoms with van der Waals surface area (Å²) in [5, 5.41) is 0.144. The van der Waals surface area contributed by atoms with Gasteiger partial charge in [-0.3, -0.25) is 0 Å². The number of benzene rings is 1. The third kappa shape index (κ3) is 7.34. The van der Waals surface area contributed by atoms with Crippen LogP contribution in [-0.4, -0.2) is 25.6 Å². The van der Waals surface area contributed by atoms with Crippen LogP contribution in [-0.2, 0) is 9.05 Å². The third-order valence-corrected chi connectivity index (χ3v) is 3.10. The summed E-state index contributed by atoms with van der Waals surface area (Å²) < 4.78 is 80.9. The average molecular weight is 306 g/mol. The summed E-state index contributed by atoms with van der Waals surface area (Å²) in [6.07, 6.45) is -9.26. The van der Waals surface area contributed by atoms with Crippen molar-refractivity contribution in [3.63, 3.8) is 0 Å². The van der Waals surface area contributed by atoms with Crippen LogP contribution in [0.3, 0.4) is 0 Å². The van der Waals surface area contributed by atoms with E-state index in [9.17, 15) is 26.3 Å². The Labute approximate surface area is 106 Å². The molecule has 0 spiro atoms. The second-order valence-corrected chi connectivity index (χ2v) is 4.92. The van der Waals surface area contributed by atoms with Crippen molar-refractivity contribution < 1.29 is 35.4 Å². The molecule has 2 nitrogen and oxygen atoms in total. The van der Waals surface area contributed by atoms with Gasteiger partial charge in [0.05, 0.1) is 0 Å². The molecule has 0 unspecified atom stereocenters. The average Bonchev–Trinajstić information content (AvgIpc) is 2.27. The van der Waals surface area contributed by atoms with Gasteiger partial charge in [0.15, 0.2) is 0 Å². The number of alkyl halides is 6. The zero-order valence-corrected chi connectivity index (χ0v) is 10.2. The molecular weight excluding hydrogens is 297 g/mol. The van der Waals surface area contributed by atoms with Crippen molar-refractivity contribution in [1.82, 2.24) is 0 Å². The number of rotatable bonds is 5. The number of hydrogen-bond acceptors (Lipinski definition) is 2. The zero-order valence-electron chi connectivity index (χ0n) is 9.33. The van der Waals surface area contributed by atoms with Crippen molar-refractivity contribution in [1.29, 1.82) is 0 Å². The van der Waals surface area contributed by atoms with Gasteiger partial charge in [0.25, 0.3) is 0 Å². The maximum absolute atomic E-state index is 12.0. The van der Waals surface area contributed by atoms with Gasteiger partial charge in [-0.05, 0) is 12.1 Å². The van der Waals surface area contributed by atoms with Gasteiger partial charge in [-0.1, -0.05) is 18.2 Å². The van der Waals surface area contributed by atoms with E-state index in [0.29, 0.717) is 0 Å². The summed E-state index contributed by atoms with van der Waals surface area (Å²) in [7, 11) is -2.42. The van der Waals surface area contributed by atoms with Crippen LogP contribution in [0.1, 0.15) is 0 Å². The Kier molecular flexibility index (Phi) is 5.58. The van der Waals surface area contributed by atoms with Gasteiger partial charge in [-0.15, -0.1) is 0 Å². The van der Waals surface area contributed by atoms with E-state index in [1.807, 2.05) is 0 Å². The Hall–Kier alpha value is -0.850. The van der Waals surface area contributed by atoms with E-state index in [1.165, 1.54) is 24.3 Å². The molecular formula is C10H9F6O2P. The van der Waals surface area contributed by atoms with Crippen LogP contribution in [0.15, 0.2) is 30.3 Å². The van der Waals surface area contributed by atoms with Crippen molar-refractivity contribution >= 4 is 13.7 Å². The van der Waals surface area contributed by atoms with Crippen molar-refractivity contribution in [2.45, 2.75) is 12.4 Å². The third-order valence-electron chi connectivity index (χ3n) is 1.66. The minimum Gasteiger partial charge on any atom is -0.321 e. The Balaban J connectivity index is 2.68. The quantitative estimate of drug-likeness (QED) is 0.609. The fourth-order valence-electron chi connectivity index (χ4n) is 1.000. The minimum atomic E-state index is -4.63. The van der Waals surface area contributed by atoms with Crippen LogP contribution in [0, 0.1) is 0 Å². The first kappa shape index (κ1) is 16.2. The molecule has 0 aliphatic carbocycles. The Bertz CT molecular complexity index is 360. The lowest BCUT2D eigenvalue weighted by Crippen LogP contribution is -2.21. The Morgan fingerprint density at radius 1 is 0.789 bits per heavy atom. The lowest BCUT2D eigenvalue weighted by atomic mass is 10.4. The molecule has 0 bridgehead atoms. The van der Waals surface area contributed by atoms with Crippen molar-refractivity contribution in [2.24, 2.45) is 0 Å². The van der Waals surface area contributed by atoms with Gasteiger partial charge in [-0.2, -0.15) is 26.3 Å². The molecule has 0 N–H and O–H groups in total. The molecule has 0 radical (unpaired) electrons. The topological polar surface area (TPSA) is 18.5 Å². The molecule has 0 aromatic heterocycles. The van der Waals surface area contributed by atoms with Crippen molar-refractivity contribution in [3.05, 3.63) is 30.3 Å². The largest absolute Gasteiger partial charge is 0.412 e. The first-order valence-corrected chi connectivity index (χ1v) is 6.10. The predicted molar refractivity (Wildman–Crippen MR) is 57.0 cm³/mol. The highest BCUT2D eigenvalue weighted by atomic mass is 31.2. The zero-order chi connectivity index (χ0) is 14.5. The fourth-order valence-corrected chi connectivity index (χ4v) is 2.32. The normalized spacial score (nSPS) is 13.0. The Morgan fingerprint density at radius 2 is 1.21 bits per heavy atom. The van der Waals surface area contributed by atoms with Crippen LogP contribution in [0.5, 0.6) is 0 Å². The molecule has 0 fully saturated rings. The fraction of sp³-hybridized carbons (Fsp3) is 0.400. The smallest absolute Gasteiger partial charge is 0.321 e. The molecule has 0 amide bonds. The summed E-state index contributed by atoms with van der Waals surface area (Å²) >= 11 is 0. The second-order valence-electron chi connectivity index (χ2n) is 3.37. The SMILES string of the molecule is FC(F)(F)COP(OCC(F)(F)F)c1ccccc1. The molecule has 0 saturated heterocycles. The van der Waals surface area contributed by atoms with E-state index < -0.39 is 33.9 Å². The van der Waals surface area contributed by atoms with Gasteiger partial charge >= 0.3 is 12.4 Å². The van der Waals surface area contributed by atoms with Crippen molar-refractivity contribution in [3.8, 4) is 0 Å². The maximum atomic E-state index is 12.0. The molecule has 1 rings (SSSR count). The molecule has 1 aromatic carbocycles. The van der Waals surface area contributed by atoms with E-state index in [1.54, 1.807) is 6.07 Å². The maximum Gasteiger partial charge on any atom is 0.412 e. The van der Waals surface area contributed by atoms with Crippen LogP contribution < -0.4 is 5.30 Å².